The fourth-order valence-corrected chi connectivity index (χ4v) is 7.95. The predicted molar refractivity (Wildman–Crippen MR) is 217 cm³/mol. The Morgan fingerprint density at radius 1 is 0.647 bits per heavy atom. The van der Waals surface area contributed by atoms with Gasteiger partial charge in [0.1, 0.15) is 0 Å². The van der Waals surface area contributed by atoms with Crippen LogP contribution in [0.3, 0.4) is 0 Å². The highest BCUT2D eigenvalue weighted by Gasteiger charge is 2.25. The Balaban J connectivity index is 1.37. The van der Waals surface area contributed by atoms with Crippen LogP contribution in [0.4, 0.5) is 0 Å². The minimum absolute atomic E-state index is 0.957. The molecule has 2 heterocycles. The first-order chi connectivity index (χ1) is 25.2. The van der Waals surface area contributed by atoms with Crippen LogP contribution < -0.4 is 0 Å². The van der Waals surface area contributed by atoms with Crippen molar-refractivity contribution < 1.29 is 0 Å². The third-order valence-corrected chi connectivity index (χ3v) is 10.3. The lowest BCUT2D eigenvalue weighted by atomic mass is 9.90. The molecule has 2 aromatic heterocycles. The summed E-state index contributed by atoms with van der Waals surface area (Å²) in [5.41, 5.74) is 15.7. The van der Waals surface area contributed by atoms with E-state index in [4.69, 9.17) is 6.42 Å². The SMILES string of the molecule is C#C/C=C\C=C(/C)c1cc(-c2ccccc2)cc(-c2ccccc2)c1-n1c2c(c3cc(-n4c5ccccc5c5ccccc54)ccc31)C=CCC2. The second-order valence-corrected chi connectivity index (χ2v) is 13.2. The molecule has 0 saturated carbocycles. The number of hydrogen-bond acceptors (Lipinski definition) is 0. The fraction of sp³-hybridized carbons (Fsp3) is 0.0612. The van der Waals surface area contributed by atoms with Gasteiger partial charge in [0.15, 0.2) is 0 Å². The van der Waals surface area contributed by atoms with Gasteiger partial charge in [-0.15, -0.1) is 6.42 Å². The Morgan fingerprint density at radius 3 is 2.00 bits per heavy atom. The maximum absolute atomic E-state index is 5.63. The largest absolute Gasteiger partial charge is 0.312 e. The van der Waals surface area contributed by atoms with Crippen molar-refractivity contribution in [3.8, 4) is 46.0 Å². The Bertz CT molecular complexity index is 2690. The van der Waals surface area contributed by atoms with Gasteiger partial charge in [-0.05, 0) is 90.6 Å². The normalized spacial score (nSPS) is 13.0. The van der Waals surface area contributed by atoms with Crippen molar-refractivity contribution in [1.29, 1.82) is 0 Å². The molecule has 0 radical (unpaired) electrons. The number of fused-ring (bicyclic) bond motifs is 6. The topological polar surface area (TPSA) is 9.86 Å². The molecule has 2 heteroatoms. The van der Waals surface area contributed by atoms with E-state index in [1.165, 1.54) is 77.5 Å². The van der Waals surface area contributed by atoms with Crippen molar-refractivity contribution in [3.05, 3.63) is 181 Å². The lowest BCUT2D eigenvalue weighted by molar-refractivity contribution is 0.888. The van der Waals surface area contributed by atoms with Crippen molar-refractivity contribution in [2.24, 2.45) is 0 Å². The van der Waals surface area contributed by atoms with Gasteiger partial charge in [0, 0.05) is 44.2 Å². The maximum atomic E-state index is 5.63. The first-order valence-electron chi connectivity index (χ1n) is 17.6. The van der Waals surface area contributed by atoms with Crippen LogP contribution in [-0.2, 0) is 6.42 Å². The van der Waals surface area contributed by atoms with Crippen molar-refractivity contribution >= 4 is 44.4 Å². The molecule has 0 atom stereocenters. The summed E-state index contributed by atoms with van der Waals surface area (Å²) in [6, 6.07) is 50.7. The number of allylic oxidation sites excluding steroid dienone is 5. The molecule has 0 fully saturated rings. The van der Waals surface area contributed by atoms with E-state index < -0.39 is 0 Å². The monoisotopic (exact) mass is 652 g/mol. The second kappa shape index (κ2) is 12.7. The van der Waals surface area contributed by atoms with Gasteiger partial charge in [-0.2, -0.15) is 0 Å². The third kappa shape index (κ3) is 5.14. The van der Waals surface area contributed by atoms with Crippen molar-refractivity contribution in [1.82, 2.24) is 9.13 Å². The Kier molecular flexibility index (Phi) is 7.60. The van der Waals surface area contributed by atoms with Crippen LogP contribution in [0.2, 0.25) is 0 Å². The molecule has 0 N–H and O–H groups in total. The molecule has 51 heavy (non-hydrogen) atoms. The van der Waals surface area contributed by atoms with Crippen molar-refractivity contribution in [3.63, 3.8) is 0 Å². The highest BCUT2D eigenvalue weighted by molar-refractivity contribution is 6.09. The number of para-hydroxylation sites is 2. The van der Waals surface area contributed by atoms with Crippen LogP contribution in [0.5, 0.6) is 0 Å². The number of rotatable bonds is 6. The molecule has 0 bridgehead atoms. The quantitative estimate of drug-likeness (QED) is 0.125. The standard InChI is InChI=1S/C49H36N2/c1-3-4-7-18-34(2)42-31-37(35-19-8-5-9-20-35)32-43(36-21-10-6-11-22-36)49(42)51-47-28-17-14-25-41(47)44-33-38(29-30-48(44)51)50-45-26-15-12-23-39(45)40-24-13-16-27-46(40)50/h1,4-16,18-27,29-33H,17,28H2,2H3/b7-4-,34-18+. The number of benzene rings is 6. The molecule has 1 aliphatic carbocycles. The van der Waals surface area contributed by atoms with Gasteiger partial charge in [-0.1, -0.05) is 127 Å². The van der Waals surface area contributed by atoms with Gasteiger partial charge in [0.25, 0.3) is 0 Å². The Morgan fingerprint density at radius 2 is 1.29 bits per heavy atom. The van der Waals surface area contributed by atoms with E-state index in [9.17, 15) is 0 Å². The lowest BCUT2D eigenvalue weighted by Gasteiger charge is -2.23. The highest BCUT2D eigenvalue weighted by atomic mass is 15.0. The molecule has 2 nitrogen and oxygen atoms in total. The van der Waals surface area contributed by atoms with E-state index in [2.05, 4.69) is 180 Å². The smallest absolute Gasteiger partial charge is 0.0612 e. The van der Waals surface area contributed by atoms with Gasteiger partial charge in [-0.3, -0.25) is 0 Å². The number of aromatic nitrogens is 2. The zero-order chi connectivity index (χ0) is 34.3. The Hall–Kier alpha value is -6.56. The van der Waals surface area contributed by atoms with Crippen LogP contribution in [0.15, 0.2) is 164 Å². The average molecular weight is 653 g/mol. The van der Waals surface area contributed by atoms with E-state index in [-0.39, 0.29) is 0 Å². The molecule has 6 aromatic carbocycles. The second-order valence-electron chi connectivity index (χ2n) is 13.2. The van der Waals surface area contributed by atoms with Gasteiger partial charge >= 0.3 is 0 Å². The highest BCUT2D eigenvalue weighted by Crippen LogP contribution is 2.44. The molecule has 0 unspecified atom stereocenters. The van der Waals surface area contributed by atoms with E-state index in [1.54, 1.807) is 6.08 Å². The van der Waals surface area contributed by atoms with E-state index in [0.717, 1.165) is 24.1 Å². The van der Waals surface area contributed by atoms with Crippen LogP contribution in [0, 0.1) is 12.3 Å². The van der Waals surface area contributed by atoms with Crippen LogP contribution in [0.1, 0.15) is 30.2 Å². The summed E-state index contributed by atoms with van der Waals surface area (Å²) in [7, 11) is 0. The maximum Gasteiger partial charge on any atom is 0.0612 e. The molecule has 0 spiro atoms. The Labute approximate surface area is 298 Å². The zero-order valence-corrected chi connectivity index (χ0v) is 28.6. The van der Waals surface area contributed by atoms with E-state index >= 15 is 0 Å². The summed E-state index contributed by atoms with van der Waals surface area (Å²) in [5.74, 6) is 2.66. The van der Waals surface area contributed by atoms with Crippen molar-refractivity contribution in [2.75, 3.05) is 0 Å². The summed E-state index contributed by atoms with van der Waals surface area (Å²) in [5, 5.41) is 3.79. The first-order valence-corrected chi connectivity index (χ1v) is 17.6. The minimum atomic E-state index is 0.957. The molecular weight excluding hydrogens is 617 g/mol. The molecular formula is C49H36N2. The molecule has 8 aromatic rings. The van der Waals surface area contributed by atoms with Crippen LogP contribution >= 0.6 is 0 Å². The molecule has 1 aliphatic rings. The van der Waals surface area contributed by atoms with Gasteiger partial charge in [0.2, 0.25) is 0 Å². The zero-order valence-electron chi connectivity index (χ0n) is 28.6. The summed E-state index contributed by atoms with van der Waals surface area (Å²) in [6.07, 6.45) is 18.1. The van der Waals surface area contributed by atoms with Crippen molar-refractivity contribution in [2.45, 2.75) is 19.8 Å². The van der Waals surface area contributed by atoms with Crippen LogP contribution in [-0.4, -0.2) is 9.13 Å². The van der Waals surface area contributed by atoms with Crippen LogP contribution in [0.25, 0.3) is 78.0 Å². The summed E-state index contributed by atoms with van der Waals surface area (Å²) < 4.78 is 4.97. The molecule has 0 amide bonds. The number of terminal acetylenes is 1. The number of nitrogens with zero attached hydrogens (tertiary/aromatic N) is 2. The molecule has 242 valence electrons. The average Bonchev–Trinajstić information content (AvgIpc) is 3.70. The van der Waals surface area contributed by atoms with Gasteiger partial charge in [-0.25, -0.2) is 0 Å². The van der Waals surface area contributed by atoms with E-state index in [0.29, 0.717) is 0 Å². The first kappa shape index (κ1) is 30.5. The third-order valence-electron chi connectivity index (χ3n) is 10.3. The fourth-order valence-electron chi connectivity index (χ4n) is 7.95. The van der Waals surface area contributed by atoms with Gasteiger partial charge < -0.3 is 9.13 Å². The minimum Gasteiger partial charge on any atom is -0.312 e. The summed E-state index contributed by atoms with van der Waals surface area (Å²) >= 11 is 0. The summed E-state index contributed by atoms with van der Waals surface area (Å²) in [4.78, 5) is 0. The predicted octanol–water partition coefficient (Wildman–Crippen LogP) is 12.6. The lowest BCUT2D eigenvalue weighted by Crippen LogP contribution is -2.08. The van der Waals surface area contributed by atoms with Gasteiger partial charge in [0.05, 0.1) is 22.2 Å². The molecule has 9 rings (SSSR count). The van der Waals surface area contributed by atoms with E-state index in [1.807, 2.05) is 6.08 Å². The summed E-state index contributed by atoms with van der Waals surface area (Å²) in [6.45, 7) is 2.20. The number of hydrogen-bond donors (Lipinski definition) is 0. The molecule has 0 aliphatic heterocycles. The molecule has 0 saturated heterocycles.